The van der Waals surface area contributed by atoms with Crippen LogP contribution in [0.25, 0.3) is 11.1 Å². The summed E-state index contributed by atoms with van der Waals surface area (Å²) in [6.45, 7) is 6.77. The molecule has 0 atom stereocenters. The second-order valence-corrected chi connectivity index (χ2v) is 6.15. The maximum absolute atomic E-state index is 12.4. The molecular weight excluding hydrogens is 284 g/mol. The van der Waals surface area contributed by atoms with E-state index in [9.17, 15) is 4.79 Å². The Morgan fingerprint density at radius 1 is 0.913 bits per heavy atom. The monoisotopic (exact) mass is 304 g/mol. The van der Waals surface area contributed by atoms with Crippen LogP contribution in [0.15, 0.2) is 48.5 Å². The van der Waals surface area contributed by atoms with Crippen molar-refractivity contribution in [3.05, 3.63) is 59.7 Å². The van der Waals surface area contributed by atoms with Crippen LogP contribution in [-0.2, 0) is 4.79 Å². The summed E-state index contributed by atoms with van der Waals surface area (Å²) >= 11 is 0. The fraction of sp³-hybridized carbons (Fsp3) is 0.250. The molecule has 0 aromatic heterocycles. The number of fused-ring (bicyclic) bond motifs is 4. The molecule has 0 radical (unpaired) electrons. The van der Waals surface area contributed by atoms with Crippen LogP contribution >= 0.6 is 0 Å². The highest BCUT2D eigenvalue weighted by atomic mass is 16.2. The Morgan fingerprint density at radius 3 is 1.83 bits per heavy atom. The molecule has 2 aliphatic rings. The summed E-state index contributed by atoms with van der Waals surface area (Å²) in [4.78, 5) is 16.7. The lowest BCUT2D eigenvalue weighted by molar-refractivity contribution is -0.115. The first kappa shape index (κ1) is 14.2. The second-order valence-electron chi connectivity index (χ2n) is 6.15. The normalized spacial score (nSPS) is 16.7. The quantitative estimate of drug-likeness (QED) is 0.797. The zero-order valence-electron chi connectivity index (χ0n) is 13.5. The van der Waals surface area contributed by atoms with Crippen LogP contribution in [-0.4, -0.2) is 30.4 Å². The third-order valence-electron chi connectivity index (χ3n) is 4.83. The first-order valence-corrected chi connectivity index (χ1v) is 8.14. The molecule has 0 fully saturated rings. The van der Waals surface area contributed by atoms with Gasteiger partial charge >= 0.3 is 0 Å². The number of likely N-dealkylation sites (N-methyl/N-ethyl adjacent to an activating group) is 1. The molecule has 0 saturated carbocycles. The SMILES string of the molecule is CCN1CC2=C(C1)c1ccccc1N(C(C)=O)c1ccccc12. The van der Waals surface area contributed by atoms with Gasteiger partial charge in [-0.1, -0.05) is 43.3 Å². The molecule has 0 N–H and O–H groups in total. The molecule has 2 aliphatic heterocycles. The number of carbonyl (C=O) groups excluding carboxylic acids is 1. The highest BCUT2D eigenvalue weighted by Gasteiger charge is 2.32. The summed E-state index contributed by atoms with van der Waals surface area (Å²) in [6.07, 6.45) is 0. The lowest BCUT2D eigenvalue weighted by atomic mass is 9.97. The van der Waals surface area contributed by atoms with Gasteiger partial charge in [-0.2, -0.15) is 0 Å². The molecule has 3 nitrogen and oxygen atoms in total. The predicted molar refractivity (Wildman–Crippen MR) is 94.6 cm³/mol. The molecular formula is C20H20N2O. The summed E-state index contributed by atoms with van der Waals surface area (Å²) in [5.74, 6) is 0.0541. The summed E-state index contributed by atoms with van der Waals surface area (Å²) < 4.78 is 0. The van der Waals surface area contributed by atoms with E-state index < -0.39 is 0 Å². The molecule has 0 bridgehead atoms. The van der Waals surface area contributed by atoms with E-state index in [1.807, 2.05) is 17.0 Å². The molecule has 0 saturated heterocycles. The van der Waals surface area contributed by atoms with Crippen LogP contribution in [0.1, 0.15) is 25.0 Å². The largest absolute Gasteiger partial charge is 0.295 e. The van der Waals surface area contributed by atoms with Gasteiger partial charge in [-0.3, -0.25) is 14.6 Å². The minimum Gasteiger partial charge on any atom is -0.295 e. The Balaban J connectivity index is 2.03. The Hall–Kier alpha value is -2.39. The number of para-hydroxylation sites is 2. The maximum atomic E-state index is 12.4. The molecule has 116 valence electrons. The van der Waals surface area contributed by atoms with Crippen LogP contribution in [0.5, 0.6) is 0 Å². The topological polar surface area (TPSA) is 23.6 Å². The Labute approximate surface area is 136 Å². The number of anilines is 2. The van der Waals surface area contributed by atoms with Crippen LogP contribution < -0.4 is 4.90 Å². The third kappa shape index (κ3) is 2.12. The number of hydrogen-bond donors (Lipinski definition) is 0. The third-order valence-corrected chi connectivity index (χ3v) is 4.83. The van der Waals surface area contributed by atoms with Gasteiger partial charge < -0.3 is 0 Å². The molecule has 2 heterocycles. The van der Waals surface area contributed by atoms with Crippen molar-refractivity contribution < 1.29 is 4.79 Å². The van der Waals surface area contributed by atoms with E-state index in [0.29, 0.717) is 0 Å². The smallest absolute Gasteiger partial charge is 0.228 e. The van der Waals surface area contributed by atoms with Gasteiger partial charge in [-0.15, -0.1) is 0 Å². The molecule has 2 aromatic carbocycles. The average molecular weight is 304 g/mol. The highest BCUT2D eigenvalue weighted by Crippen LogP contribution is 2.46. The Bertz CT molecular complexity index is 762. The van der Waals surface area contributed by atoms with Gasteiger partial charge in [-0.05, 0) is 29.8 Å². The second kappa shape index (κ2) is 5.36. The van der Waals surface area contributed by atoms with Crippen molar-refractivity contribution in [2.75, 3.05) is 24.5 Å². The zero-order valence-corrected chi connectivity index (χ0v) is 13.5. The minimum atomic E-state index is 0.0541. The van der Waals surface area contributed by atoms with Crippen molar-refractivity contribution in [1.29, 1.82) is 0 Å². The van der Waals surface area contributed by atoms with Crippen molar-refractivity contribution >= 4 is 28.4 Å². The van der Waals surface area contributed by atoms with Gasteiger partial charge in [0.1, 0.15) is 0 Å². The van der Waals surface area contributed by atoms with E-state index in [-0.39, 0.29) is 5.91 Å². The molecule has 0 aliphatic carbocycles. The van der Waals surface area contributed by atoms with Crippen LogP contribution in [0, 0.1) is 0 Å². The molecule has 3 heteroatoms. The zero-order chi connectivity index (χ0) is 16.0. The Morgan fingerprint density at radius 2 is 1.39 bits per heavy atom. The summed E-state index contributed by atoms with van der Waals surface area (Å²) in [7, 11) is 0. The van der Waals surface area contributed by atoms with Gasteiger partial charge in [0, 0.05) is 31.1 Å². The van der Waals surface area contributed by atoms with Gasteiger partial charge in [0.15, 0.2) is 0 Å². The summed E-state index contributed by atoms with van der Waals surface area (Å²) in [5.41, 5.74) is 7.08. The molecule has 0 spiro atoms. The molecule has 4 rings (SSSR count). The van der Waals surface area contributed by atoms with Crippen LogP contribution in [0.4, 0.5) is 11.4 Å². The number of hydrogen-bond acceptors (Lipinski definition) is 2. The molecule has 0 unspecified atom stereocenters. The molecule has 2 aromatic rings. The van der Waals surface area contributed by atoms with E-state index in [1.165, 1.54) is 22.3 Å². The number of rotatable bonds is 1. The number of carbonyl (C=O) groups is 1. The fourth-order valence-corrected chi connectivity index (χ4v) is 3.73. The molecule has 23 heavy (non-hydrogen) atoms. The summed E-state index contributed by atoms with van der Waals surface area (Å²) in [5, 5.41) is 0. The standard InChI is InChI=1S/C20H20N2O/c1-3-21-12-17-15-8-4-6-10-19(15)22(14(2)23)20-11-7-5-9-16(20)18(17)13-21/h4-11H,3,12-13H2,1-2H3. The van der Waals surface area contributed by atoms with Gasteiger partial charge in [0.25, 0.3) is 0 Å². The lowest BCUT2D eigenvalue weighted by Gasteiger charge is -2.25. The number of amides is 1. The number of benzene rings is 2. The van der Waals surface area contributed by atoms with Crippen molar-refractivity contribution in [2.45, 2.75) is 13.8 Å². The minimum absolute atomic E-state index is 0.0541. The van der Waals surface area contributed by atoms with E-state index >= 15 is 0 Å². The van der Waals surface area contributed by atoms with Crippen molar-refractivity contribution in [3.63, 3.8) is 0 Å². The van der Waals surface area contributed by atoms with E-state index in [2.05, 4.69) is 48.2 Å². The van der Waals surface area contributed by atoms with Crippen molar-refractivity contribution in [2.24, 2.45) is 0 Å². The predicted octanol–water partition coefficient (Wildman–Crippen LogP) is 3.93. The molecule has 1 amide bonds. The highest BCUT2D eigenvalue weighted by molar-refractivity contribution is 6.11. The van der Waals surface area contributed by atoms with Crippen molar-refractivity contribution in [3.8, 4) is 0 Å². The van der Waals surface area contributed by atoms with Gasteiger partial charge in [0.2, 0.25) is 5.91 Å². The number of nitrogens with zero attached hydrogens (tertiary/aromatic N) is 2. The van der Waals surface area contributed by atoms with Gasteiger partial charge in [-0.25, -0.2) is 0 Å². The maximum Gasteiger partial charge on any atom is 0.228 e. The van der Waals surface area contributed by atoms with Crippen LogP contribution in [0.2, 0.25) is 0 Å². The summed E-state index contributed by atoms with van der Waals surface area (Å²) in [6, 6.07) is 16.5. The first-order valence-electron chi connectivity index (χ1n) is 8.14. The first-order chi connectivity index (χ1) is 11.2. The Kier molecular flexibility index (Phi) is 3.31. The fourth-order valence-electron chi connectivity index (χ4n) is 3.73. The van der Waals surface area contributed by atoms with Gasteiger partial charge in [0.05, 0.1) is 11.4 Å². The van der Waals surface area contributed by atoms with E-state index in [0.717, 1.165) is 31.0 Å². The van der Waals surface area contributed by atoms with Crippen molar-refractivity contribution in [1.82, 2.24) is 4.90 Å². The van der Waals surface area contributed by atoms with E-state index in [4.69, 9.17) is 0 Å². The average Bonchev–Trinajstić information content (AvgIpc) is 2.95. The lowest BCUT2D eigenvalue weighted by Crippen LogP contribution is -2.26. The van der Waals surface area contributed by atoms with Crippen LogP contribution in [0.3, 0.4) is 0 Å². The van der Waals surface area contributed by atoms with E-state index in [1.54, 1.807) is 6.92 Å².